The predicted octanol–water partition coefficient (Wildman–Crippen LogP) is 3.32. The minimum Gasteiger partial charge on any atom is -0.507 e. The first-order valence-corrected chi connectivity index (χ1v) is 11.2. The summed E-state index contributed by atoms with van der Waals surface area (Å²) in [5, 5.41) is 30.0. The van der Waals surface area contributed by atoms with Gasteiger partial charge in [-0.05, 0) is 25.0 Å². The first kappa shape index (κ1) is 25.9. The van der Waals surface area contributed by atoms with E-state index in [1.807, 2.05) is 0 Å². The summed E-state index contributed by atoms with van der Waals surface area (Å²) in [5.41, 5.74) is 0.490. The molecule has 0 atom stereocenters. The number of hydrogen-bond acceptors (Lipinski definition) is 11. The molecule has 4 rings (SSSR count). The van der Waals surface area contributed by atoms with E-state index in [1.54, 1.807) is 6.07 Å². The van der Waals surface area contributed by atoms with E-state index in [9.17, 15) is 29.6 Å². The summed E-state index contributed by atoms with van der Waals surface area (Å²) in [6.07, 6.45) is 0.116. The Morgan fingerprint density at radius 3 is 2.61 bits per heavy atom. The minimum atomic E-state index is -0.915. The second-order valence-corrected chi connectivity index (χ2v) is 8.23. The topological polar surface area (TPSA) is 192 Å². The van der Waals surface area contributed by atoms with Gasteiger partial charge in [-0.1, -0.05) is 0 Å². The molecule has 14 heteroatoms. The van der Waals surface area contributed by atoms with Gasteiger partial charge < -0.3 is 29.4 Å². The molecule has 1 aliphatic carbocycles. The highest BCUT2D eigenvalue weighted by Crippen LogP contribution is 2.39. The van der Waals surface area contributed by atoms with Crippen molar-refractivity contribution in [1.29, 1.82) is 0 Å². The number of rotatable bonds is 10. The summed E-state index contributed by atoms with van der Waals surface area (Å²) in [7, 11) is 1.38. The first-order valence-electron chi connectivity index (χ1n) is 11.2. The van der Waals surface area contributed by atoms with Gasteiger partial charge in [0.1, 0.15) is 29.1 Å². The third kappa shape index (κ3) is 6.16. The van der Waals surface area contributed by atoms with Gasteiger partial charge in [-0.15, -0.1) is 0 Å². The highest BCUT2D eigenvalue weighted by molar-refractivity contribution is 5.91. The molecule has 38 heavy (non-hydrogen) atoms. The van der Waals surface area contributed by atoms with E-state index in [2.05, 4.69) is 15.5 Å². The van der Waals surface area contributed by atoms with Crippen LogP contribution in [0.2, 0.25) is 0 Å². The number of carbonyl (C=O) groups is 3. The number of benzene rings is 2. The van der Waals surface area contributed by atoms with Gasteiger partial charge in [-0.2, -0.15) is 5.10 Å². The standard InChI is InChI=1S/C24H22N4O10/c1-35-16-8-20(30)18(11-29)21(9-16)36-12-23(31)25-22-10-19(26-27-22)13-6-17(7-13)38-24(32)37-15-4-2-14(3-5-15)28(33)34/h2-5,8-11,13,17,30H,6-7,12H2,1H3,(H2,25,26,27,31). The Labute approximate surface area is 214 Å². The van der Waals surface area contributed by atoms with E-state index < -0.39 is 23.6 Å². The number of aromatic amines is 1. The number of phenolic OH excluding ortho intramolecular Hbond substituents is 1. The molecule has 1 aromatic heterocycles. The van der Waals surface area contributed by atoms with Crippen LogP contribution in [0.25, 0.3) is 0 Å². The lowest BCUT2D eigenvalue weighted by molar-refractivity contribution is -0.384. The molecule has 3 N–H and O–H groups in total. The molecule has 14 nitrogen and oxygen atoms in total. The molecule has 0 aliphatic heterocycles. The van der Waals surface area contributed by atoms with Gasteiger partial charge >= 0.3 is 6.16 Å². The zero-order valence-corrected chi connectivity index (χ0v) is 19.9. The lowest BCUT2D eigenvalue weighted by Gasteiger charge is -2.33. The van der Waals surface area contributed by atoms with Crippen molar-refractivity contribution in [1.82, 2.24) is 10.2 Å². The zero-order valence-electron chi connectivity index (χ0n) is 19.9. The number of nitro groups is 1. The number of carbonyl (C=O) groups excluding carboxylic acids is 3. The summed E-state index contributed by atoms with van der Waals surface area (Å²) in [6, 6.07) is 9.30. The van der Waals surface area contributed by atoms with Gasteiger partial charge in [0, 0.05) is 41.9 Å². The van der Waals surface area contributed by atoms with Crippen LogP contribution in [0.4, 0.5) is 16.3 Å². The van der Waals surface area contributed by atoms with Crippen LogP contribution in [0.15, 0.2) is 42.5 Å². The number of aromatic nitrogens is 2. The molecule has 1 aliphatic rings. The Balaban J connectivity index is 1.22. The van der Waals surface area contributed by atoms with Crippen LogP contribution in [0.1, 0.15) is 34.8 Å². The van der Waals surface area contributed by atoms with Gasteiger partial charge in [0.25, 0.3) is 11.6 Å². The highest BCUT2D eigenvalue weighted by atomic mass is 16.7. The Morgan fingerprint density at radius 1 is 1.21 bits per heavy atom. The summed E-state index contributed by atoms with van der Waals surface area (Å²) in [6.45, 7) is -0.453. The van der Waals surface area contributed by atoms with Gasteiger partial charge in [0.15, 0.2) is 18.7 Å². The number of nitrogens with one attached hydrogen (secondary N) is 2. The highest BCUT2D eigenvalue weighted by Gasteiger charge is 2.35. The number of non-ortho nitro benzene ring substituents is 1. The maximum absolute atomic E-state index is 12.3. The maximum atomic E-state index is 12.3. The monoisotopic (exact) mass is 526 g/mol. The molecule has 1 saturated carbocycles. The van der Waals surface area contributed by atoms with Crippen molar-refractivity contribution in [2.45, 2.75) is 24.9 Å². The molecule has 0 unspecified atom stereocenters. The molecule has 0 spiro atoms. The molecule has 0 bridgehead atoms. The average molecular weight is 526 g/mol. The van der Waals surface area contributed by atoms with E-state index >= 15 is 0 Å². The van der Waals surface area contributed by atoms with Crippen molar-refractivity contribution < 1.29 is 43.4 Å². The van der Waals surface area contributed by atoms with Crippen molar-refractivity contribution in [2.24, 2.45) is 0 Å². The number of phenols is 1. The quantitative estimate of drug-likeness (QED) is 0.115. The minimum absolute atomic E-state index is 0.0106. The molecule has 2 aromatic carbocycles. The Morgan fingerprint density at radius 2 is 1.95 bits per heavy atom. The summed E-state index contributed by atoms with van der Waals surface area (Å²) in [4.78, 5) is 45.6. The van der Waals surface area contributed by atoms with Crippen LogP contribution in [0.3, 0.4) is 0 Å². The van der Waals surface area contributed by atoms with E-state index in [0.29, 0.717) is 19.1 Å². The fraction of sp³-hybridized carbons (Fsp3) is 0.250. The van der Waals surface area contributed by atoms with Gasteiger partial charge in [0.05, 0.1) is 17.6 Å². The number of aldehydes is 1. The second-order valence-electron chi connectivity index (χ2n) is 8.23. The number of methoxy groups -OCH3 is 1. The normalized spacial score (nSPS) is 16.0. The van der Waals surface area contributed by atoms with Crippen molar-refractivity contribution >= 4 is 29.9 Å². The third-order valence-electron chi connectivity index (χ3n) is 5.72. The van der Waals surface area contributed by atoms with E-state index in [1.165, 1.54) is 43.5 Å². The number of aromatic hydroxyl groups is 1. The maximum Gasteiger partial charge on any atom is 0.514 e. The number of nitrogens with zero attached hydrogens (tertiary/aromatic N) is 2. The average Bonchev–Trinajstić information content (AvgIpc) is 3.32. The van der Waals surface area contributed by atoms with Crippen LogP contribution < -0.4 is 19.5 Å². The van der Waals surface area contributed by atoms with E-state index in [4.69, 9.17) is 18.9 Å². The molecule has 1 amide bonds. The molecule has 1 heterocycles. The van der Waals surface area contributed by atoms with Gasteiger partial charge in [-0.3, -0.25) is 24.8 Å². The number of H-pyrrole nitrogens is 1. The van der Waals surface area contributed by atoms with Crippen molar-refractivity contribution in [3.63, 3.8) is 0 Å². The lowest BCUT2D eigenvalue weighted by Crippen LogP contribution is -2.33. The SMILES string of the molecule is COc1cc(O)c(C=O)c(OCC(=O)Nc2cc(C3CC(OC(=O)Oc4ccc([N+](=O)[O-])cc4)C3)[nH]n2)c1. The van der Waals surface area contributed by atoms with Crippen molar-refractivity contribution in [3.05, 3.63) is 63.8 Å². The van der Waals surface area contributed by atoms with Crippen LogP contribution in [-0.2, 0) is 9.53 Å². The van der Waals surface area contributed by atoms with Gasteiger partial charge in [0.2, 0.25) is 0 Å². The van der Waals surface area contributed by atoms with Crippen LogP contribution in [0.5, 0.6) is 23.0 Å². The fourth-order valence-corrected chi connectivity index (χ4v) is 3.68. The number of nitro benzene ring substituents is 1. The predicted molar refractivity (Wildman–Crippen MR) is 129 cm³/mol. The molecular formula is C24H22N4O10. The van der Waals surface area contributed by atoms with Crippen LogP contribution >= 0.6 is 0 Å². The summed E-state index contributed by atoms with van der Waals surface area (Å²) < 4.78 is 20.7. The Hall–Kier alpha value is -5.14. The molecule has 3 aromatic rings. The zero-order chi connectivity index (χ0) is 27.2. The molecular weight excluding hydrogens is 504 g/mol. The van der Waals surface area contributed by atoms with Crippen LogP contribution in [0, 0.1) is 10.1 Å². The van der Waals surface area contributed by atoms with Crippen molar-refractivity contribution in [3.8, 4) is 23.0 Å². The lowest BCUT2D eigenvalue weighted by atomic mass is 9.80. The number of hydrogen-bond donors (Lipinski definition) is 3. The Bertz CT molecular complexity index is 1350. The summed E-state index contributed by atoms with van der Waals surface area (Å²) >= 11 is 0. The van der Waals surface area contributed by atoms with E-state index in [-0.39, 0.29) is 52.1 Å². The molecule has 0 saturated heterocycles. The Kier molecular flexibility index (Phi) is 7.70. The number of anilines is 1. The van der Waals surface area contributed by atoms with Gasteiger partial charge in [-0.25, -0.2) is 4.79 Å². The second kappa shape index (κ2) is 11.3. The fourth-order valence-electron chi connectivity index (χ4n) is 3.68. The number of ether oxygens (including phenoxy) is 4. The smallest absolute Gasteiger partial charge is 0.507 e. The molecule has 198 valence electrons. The molecule has 0 radical (unpaired) electrons. The van der Waals surface area contributed by atoms with Crippen molar-refractivity contribution in [2.75, 3.05) is 19.0 Å². The third-order valence-corrected chi connectivity index (χ3v) is 5.72. The van der Waals surface area contributed by atoms with Crippen LogP contribution in [-0.4, -0.2) is 58.4 Å². The summed E-state index contributed by atoms with van der Waals surface area (Å²) in [5.74, 6) is -0.263. The largest absolute Gasteiger partial charge is 0.514 e. The molecule has 1 fully saturated rings. The first-order chi connectivity index (χ1) is 18.2. The number of amides is 1. The van der Waals surface area contributed by atoms with E-state index in [0.717, 1.165) is 5.69 Å².